The molecule has 2 heterocycles. The van der Waals surface area contributed by atoms with Crippen molar-refractivity contribution in [1.29, 1.82) is 0 Å². The van der Waals surface area contributed by atoms with Crippen molar-refractivity contribution in [1.82, 2.24) is 10.2 Å². The second-order valence-electron chi connectivity index (χ2n) is 6.56. The fraction of sp³-hybridized carbons (Fsp3) is 0.611. The van der Waals surface area contributed by atoms with Crippen molar-refractivity contribution in [2.24, 2.45) is 5.92 Å². The molecule has 2 aliphatic heterocycles. The molecule has 0 radical (unpaired) electrons. The predicted octanol–water partition coefficient (Wildman–Crippen LogP) is 2.85. The van der Waals surface area contributed by atoms with Gasteiger partial charge >= 0.3 is 0 Å². The van der Waals surface area contributed by atoms with Crippen molar-refractivity contribution in [2.45, 2.75) is 38.3 Å². The molecular weight excluding hydrogens is 312 g/mol. The van der Waals surface area contributed by atoms with E-state index in [9.17, 15) is 4.79 Å². The normalized spacial score (nSPS) is 23.1. The highest BCUT2D eigenvalue weighted by molar-refractivity contribution is 6.30. The number of nitrogens with zero attached hydrogens (tertiary/aromatic N) is 1. The van der Waals surface area contributed by atoms with Crippen LogP contribution in [-0.2, 0) is 16.1 Å². The lowest BCUT2D eigenvalue weighted by Gasteiger charge is -2.31. The summed E-state index contributed by atoms with van der Waals surface area (Å²) in [5.41, 5.74) is 1.27. The number of carbonyl (C=O) groups is 1. The van der Waals surface area contributed by atoms with Gasteiger partial charge in [0.25, 0.3) is 0 Å². The Morgan fingerprint density at radius 2 is 1.96 bits per heavy atom. The number of nitrogens with one attached hydrogen (secondary N) is 1. The zero-order chi connectivity index (χ0) is 16.1. The summed E-state index contributed by atoms with van der Waals surface area (Å²) in [6.45, 7) is 4.39. The van der Waals surface area contributed by atoms with E-state index in [4.69, 9.17) is 16.3 Å². The van der Waals surface area contributed by atoms with Gasteiger partial charge < -0.3 is 10.1 Å². The van der Waals surface area contributed by atoms with E-state index >= 15 is 0 Å². The van der Waals surface area contributed by atoms with Gasteiger partial charge in [0.15, 0.2) is 0 Å². The van der Waals surface area contributed by atoms with Crippen molar-refractivity contribution >= 4 is 17.5 Å². The van der Waals surface area contributed by atoms with Crippen LogP contribution >= 0.6 is 11.6 Å². The lowest BCUT2D eigenvalue weighted by atomic mass is 9.95. The average Bonchev–Trinajstić information content (AvgIpc) is 3.09. The SMILES string of the molecule is O=C(NCC1CCCO1)C1CCN(Cc2ccc(Cl)cc2)CC1. The van der Waals surface area contributed by atoms with Crippen LogP contribution in [0, 0.1) is 5.92 Å². The number of hydrogen-bond donors (Lipinski definition) is 1. The Morgan fingerprint density at radius 1 is 1.22 bits per heavy atom. The molecule has 0 saturated carbocycles. The van der Waals surface area contributed by atoms with Crippen molar-refractivity contribution < 1.29 is 9.53 Å². The minimum atomic E-state index is 0.151. The zero-order valence-corrected chi connectivity index (χ0v) is 14.2. The van der Waals surface area contributed by atoms with Crippen LogP contribution in [0.25, 0.3) is 0 Å². The maximum absolute atomic E-state index is 12.3. The molecule has 0 spiro atoms. The third kappa shape index (κ3) is 4.93. The molecule has 1 N–H and O–H groups in total. The number of piperidine rings is 1. The first-order valence-electron chi connectivity index (χ1n) is 8.57. The molecule has 1 unspecified atom stereocenters. The van der Waals surface area contributed by atoms with E-state index in [1.807, 2.05) is 12.1 Å². The van der Waals surface area contributed by atoms with E-state index in [1.165, 1.54) is 5.56 Å². The first-order chi connectivity index (χ1) is 11.2. The minimum absolute atomic E-state index is 0.151. The summed E-state index contributed by atoms with van der Waals surface area (Å²) in [5, 5.41) is 3.84. The van der Waals surface area contributed by atoms with Crippen LogP contribution in [0.1, 0.15) is 31.2 Å². The molecule has 2 saturated heterocycles. The van der Waals surface area contributed by atoms with Crippen LogP contribution < -0.4 is 5.32 Å². The summed E-state index contributed by atoms with van der Waals surface area (Å²) < 4.78 is 5.55. The largest absolute Gasteiger partial charge is 0.376 e. The Balaban J connectivity index is 1.39. The van der Waals surface area contributed by atoms with Gasteiger partial charge in [-0.15, -0.1) is 0 Å². The van der Waals surface area contributed by atoms with Crippen molar-refractivity contribution in [2.75, 3.05) is 26.2 Å². The second-order valence-corrected chi connectivity index (χ2v) is 6.99. The Morgan fingerprint density at radius 3 is 2.61 bits per heavy atom. The van der Waals surface area contributed by atoms with Gasteiger partial charge in [0.05, 0.1) is 6.10 Å². The topological polar surface area (TPSA) is 41.6 Å². The Kier molecular flexibility index (Phi) is 5.92. The van der Waals surface area contributed by atoms with Crippen LogP contribution in [0.3, 0.4) is 0 Å². The van der Waals surface area contributed by atoms with Crippen LogP contribution in [0.2, 0.25) is 5.02 Å². The van der Waals surface area contributed by atoms with Gasteiger partial charge in [-0.3, -0.25) is 9.69 Å². The van der Waals surface area contributed by atoms with Gasteiger partial charge in [-0.25, -0.2) is 0 Å². The molecule has 1 aromatic carbocycles. The number of halogens is 1. The predicted molar refractivity (Wildman–Crippen MR) is 91.4 cm³/mol. The third-order valence-electron chi connectivity index (χ3n) is 4.81. The lowest BCUT2D eigenvalue weighted by Crippen LogP contribution is -2.42. The molecule has 0 aromatic heterocycles. The van der Waals surface area contributed by atoms with E-state index in [-0.39, 0.29) is 17.9 Å². The van der Waals surface area contributed by atoms with Crippen molar-refractivity contribution in [3.8, 4) is 0 Å². The molecule has 2 fully saturated rings. The molecule has 3 rings (SSSR count). The summed E-state index contributed by atoms with van der Waals surface area (Å²) in [5.74, 6) is 0.351. The number of ether oxygens (including phenoxy) is 1. The molecular formula is C18H25ClN2O2. The van der Waals surface area contributed by atoms with Crippen LogP contribution in [-0.4, -0.2) is 43.2 Å². The lowest BCUT2D eigenvalue weighted by molar-refractivity contribution is -0.127. The summed E-state index contributed by atoms with van der Waals surface area (Å²) in [6.07, 6.45) is 4.28. The third-order valence-corrected chi connectivity index (χ3v) is 5.06. The monoisotopic (exact) mass is 336 g/mol. The molecule has 0 aliphatic carbocycles. The molecule has 2 aliphatic rings. The molecule has 1 amide bonds. The van der Waals surface area contributed by atoms with Gasteiger partial charge in [0.2, 0.25) is 5.91 Å². The molecule has 1 aromatic rings. The molecule has 5 heteroatoms. The van der Waals surface area contributed by atoms with Gasteiger partial charge in [0.1, 0.15) is 0 Å². The van der Waals surface area contributed by atoms with E-state index in [1.54, 1.807) is 0 Å². The Labute approximate surface area is 143 Å². The Bertz CT molecular complexity index is 506. The van der Waals surface area contributed by atoms with Gasteiger partial charge in [-0.2, -0.15) is 0 Å². The van der Waals surface area contributed by atoms with Gasteiger partial charge in [-0.05, 0) is 56.5 Å². The molecule has 126 valence electrons. The standard InChI is InChI=1S/C18H25ClN2O2/c19-16-5-3-14(4-6-16)13-21-9-7-15(8-10-21)18(22)20-12-17-2-1-11-23-17/h3-6,15,17H,1-2,7-13H2,(H,20,22). The average molecular weight is 337 g/mol. The number of hydrogen-bond acceptors (Lipinski definition) is 3. The molecule has 1 atom stereocenters. The van der Waals surface area contributed by atoms with E-state index in [0.29, 0.717) is 6.54 Å². The van der Waals surface area contributed by atoms with Crippen LogP contribution in [0.5, 0.6) is 0 Å². The summed E-state index contributed by atoms with van der Waals surface area (Å²) in [7, 11) is 0. The maximum Gasteiger partial charge on any atom is 0.223 e. The quantitative estimate of drug-likeness (QED) is 0.899. The van der Waals surface area contributed by atoms with Crippen LogP contribution in [0.4, 0.5) is 0 Å². The second kappa shape index (κ2) is 8.13. The number of amides is 1. The van der Waals surface area contributed by atoms with Gasteiger partial charge in [-0.1, -0.05) is 23.7 Å². The highest BCUT2D eigenvalue weighted by atomic mass is 35.5. The highest BCUT2D eigenvalue weighted by Crippen LogP contribution is 2.20. The molecule has 0 bridgehead atoms. The number of likely N-dealkylation sites (tertiary alicyclic amines) is 1. The van der Waals surface area contributed by atoms with E-state index in [2.05, 4.69) is 22.3 Å². The molecule has 4 nitrogen and oxygen atoms in total. The number of rotatable bonds is 5. The van der Waals surface area contributed by atoms with Crippen molar-refractivity contribution in [3.63, 3.8) is 0 Å². The fourth-order valence-corrected chi connectivity index (χ4v) is 3.49. The van der Waals surface area contributed by atoms with Gasteiger partial charge in [0, 0.05) is 30.6 Å². The van der Waals surface area contributed by atoms with E-state index in [0.717, 1.165) is 56.9 Å². The highest BCUT2D eigenvalue weighted by Gasteiger charge is 2.26. The van der Waals surface area contributed by atoms with Crippen molar-refractivity contribution in [3.05, 3.63) is 34.9 Å². The van der Waals surface area contributed by atoms with E-state index < -0.39 is 0 Å². The smallest absolute Gasteiger partial charge is 0.223 e. The number of benzene rings is 1. The summed E-state index contributed by atoms with van der Waals surface area (Å²) in [6, 6.07) is 8.01. The molecule has 23 heavy (non-hydrogen) atoms. The Hall–Kier alpha value is -1.10. The first kappa shape index (κ1) is 16.7. The first-order valence-corrected chi connectivity index (χ1v) is 8.94. The number of carbonyl (C=O) groups excluding carboxylic acids is 1. The fourth-order valence-electron chi connectivity index (χ4n) is 3.37. The van der Waals surface area contributed by atoms with Crippen LogP contribution in [0.15, 0.2) is 24.3 Å². The minimum Gasteiger partial charge on any atom is -0.376 e. The zero-order valence-electron chi connectivity index (χ0n) is 13.5. The summed E-state index contributed by atoms with van der Waals surface area (Å²) >= 11 is 5.92. The maximum atomic E-state index is 12.3. The summed E-state index contributed by atoms with van der Waals surface area (Å²) in [4.78, 5) is 14.7.